The number of carbonyl (C=O) groups is 2. The van der Waals surface area contributed by atoms with E-state index in [1.807, 2.05) is 26.8 Å². The number of hydrogen-bond acceptors (Lipinski definition) is 4. The summed E-state index contributed by atoms with van der Waals surface area (Å²) in [6, 6.07) is 9.55. The maximum Gasteiger partial charge on any atom is 0.244 e. The van der Waals surface area contributed by atoms with Gasteiger partial charge in [-0.2, -0.15) is 0 Å². The van der Waals surface area contributed by atoms with E-state index in [1.165, 1.54) is 16.5 Å². The number of nitrogens with one attached hydrogen (secondary N) is 1. The van der Waals surface area contributed by atoms with Gasteiger partial charge in [-0.1, -0.05) is 17.7 Å². The van der Waals surface area contributed by atoms with Crippen LogP contribution in [-0.4, -0.2) is 60.3 Å². The van der Waals surface area contributed by atoms with Crippen molar-refractivity contribution in [1.82, 2.24) is 14.8 Å². The predicted octanol–water partition coefficient (Wildman–Crippen LogP) is 2.18. The summed E-state index contributed by atoms with van der Waals surface area (Å²) in [7, 11) is -3.06. The lowest BCUT2D eigenvalue weighted by Crippen LogP contribution is -2.51. The minimum Gasteiger partial charge on any atom is -0.341 e. The zero-order valence-electron chi connectivity index (χ0n) is 18.4. The molecule has 0 spiro atoms. The van der Waals surface area contributed by atoms with Gasteiger partial charge >= 0.3 is 0 Å². The van der Waals surface area contributed by atoms with E-state index in [4.69, 9.17) is 0 Å². The normalized spacial score (nSPS) is 17.0. The molecular formula is C23H29N3O4S. The third-order valence-corrected chi connectivity index (χ3v) is 7.17. The Labute approximate surface area is 183 Å². The lowest BCUT2D eigenvalue weighted by molar-refractivity contribution is -0.134. The molecule has 1 atom stereocenters. The highest BCUT2D eigenvalue weighted by atomic mass is 32.2. The van der Waals surface area contributed by atoms with Crippen LogP contribution in [0.4, 0.5) is 0 Å². The molecule has 1 aliphatic rings. The van der Waals surface area contributed by atoms with E-state index in [9.17, 15) is 18.0 Å². The van der Waals surface area contributed by atoms with Crippen molar-refractivity contribution in [2.45, 2.75) is 33.7 Å². The zero-order valence-corrected chi connectivity index (χ0v) is 19.2. The van der Waals surface area contributed by atoms with Crippen LogP contribution >= 0.6 is 0 Å². The van der Waals surface area contributed by atoms with E-state index >= 15 is 0 Å². The summed E-state index contributed by atoms with van der Waals surface area (Å²) in [5.74, 6) is -0.703. The van der Waals surface area contributed by atoms with Crippen LogP contribution in [0.15, 0.2) is 36.4 Å². The van der Waals surface area contributed by atoms with Gasteiger partial charge in [0.15, 0.2) is 9.84 Å². The molecular weight excluding hydrogens is 414 g/mol. The minimum absolute atomic E-state index is 0.0318. The Hall–Kier alpha value is -2.87. The van der Waals surface area contributed by atoms with E-state index in [-0.39, 0.29) is 36.4 Å². The summed E-state index contributed by atoms with van der Waals surface area (Å²) < 4.78 is 25.2. The molecule has 2 heterocycles. The highest BCUT2D eigenvalue weighted by Crippen LogP contribution is 2.22. The molecule has 31 heavy (non-hydrogen) atoms. The Morgan fingerprint density at radius 1 is 1.06 bits per heavy atom. The molecule has 2 amide bonds. The highest BCUT2D eigenvalue weighted by Gasteiger charge is 2.28. The number of aryl methyl sites for hydroxylation is 2. The fourth-order valence-corrected chi connectivity index (χ4v) is 4.94. The number of benzene rings is 1. The van der Waals surface area contributed by atoms with E-state index in [2.05, 4.69) is 34.1 Å². The van der Waals surface area contributed by atoms with Crippen LogP contribution in [0.2, 0.25) is 0 Å². The number of aromatic nitrogens is 1. The SMILES string of the molecule is Cc1ccc(-n2c(C)cc(/C=C/C(=O)NC(C)C(=O)N3CCS(=O)(=O)CC3)c2C)cc1. The Kier molecular flexibility index (Phi) is 6.69. The topological polar surface area (TPSA) is 88.5 Å². The fraction of sp³-hybridized carbons (Fsp3) is 0.391. The summed E-state index contributed by atoms with van der Waals surface area (Å²) in [6.45, 7) is 8.01. The molecule has 7 nitrogen and oxygen atoms in total. The van der Waals surface area contributed by atoms with Gasteiger partial charge in [-0.05, 0) is 57.5 Å². The molecule has 3 rings (SSSR count). The van der Waals surface area contributed by atoms with Gasteiger partial charge in [-0.3, -0.25) is 9.59 Å². The van der Waals surface area contributed by atoms with Crippen LogP contribution in [0.25, 0.3) is 11.8 Å². The molecule has 1 aromatic heterocycles. The van der Waals surface area contributed by atoms with Crippen LogP contribution in [-0.2, 0) is 19.4 Å². The fourth-order valence-electron chi connectivity index (χ4n) is 3.74. The van der Waals surface area contributed by atoms with Crippen molar-refractivity contribution < 1.29 is 18.0 Å². The van der Waals surface area contributed by atoms with Gasteiger partial charge < -0.3 is 14.8 Å². The van der Waals surface area contributed by atoms with Gasteiger partial charge in [-0.15, -0.1) is 0 Å². The molecule has 0 radical (unpaired) electrons. The second kappa shape index (κ2) is 9.09. The van der Waals surface area contributed by atoms with Gasteiger partial charge in [-0.25, -0.2) is 8.42 Å². The van der Waals surface area contributed by atoms with E-state index < -0.39 is 15.9 Å². The first-order valence-electron chi connectivity index (χ1n) is 10.3. The largest absolute Gasteiger partial charge is 0.341 e. The first-order chi connectivity index (χ1) is 14.6. The van der Waals surface area contributed by atoms with E-state index in [1.54, 1.807) is 13.0 Å². The standard InChI is InChI=1S/C23H29N3O4S/c1-16-5-8-21(9-6-16)26-17(2)15-20(19(26)4)7-10-22(27)24-18(3)23(28)25-11-13-31(29,30)14-12-25/h5-10,15,18H,11-14H2,1-4H3,(H,24,27)/b10-7+. The van der Waals surface area contributed by atoms with Gasteiger partial charge in [0.05, 0.1) is 11.5 Å². The molecule has 0 bridgehead atoms. The summed E-state index contributed by atoms with van der Waals surface area (Å²) >= 11 is 0. The minimum atomic E-state index is -3.06. The molecule has 0 saturated carbocycles. The van der Waals surface area contributed by atoms with Gasteiger partial charge in [0.1, 0.15) is 6.04 Å². The third kappa shape index (κ3) is 5.44. The third-order valence-electron chi connectivity index (χ3n) is 5.56. The summed E-state index contributed by atoms with van der Waals surface area (Å²) in [5, 5.41) is 2.67. The van der Waals surface area contributed by atoms with Gasteiger partial charge in [0, 0.05) is 36.2 Å². The van der Waals surface area contributed by atoms with Crippen molar-refractivity contribution in [3.8, 4) is 5.69 Å². The Morgan fingerprint density at radius 3 is 2.29 bits per heavy atom. The Balaban J connectivity index is 1.64. The molecule has 2 aromatic rings. The lowest BCUT2D eigenvalue weighted by atomic mass is 10.2. The van der Waals surface area contributed by atoms with Crippen molar-refractivity contribution in [3.63, 3.8) is 0 Å². The van der Waals surface area contributed by atoms with Crippen molar-refractivity contribution in [1.29, 1.82) is 0 Å². The molecule has 0 aliphatic carbocycles. The molecule has 1 N–H and O–H groups in total. The summed E-state index contributed by atoms with van der Waals surface area (Å²) in [5.41, 5.74) is 5.26. The Morgan fingerprint density at radius 2 is 1.68 bits per heavy atom. The Bertz CT molecular complexity index is 1100. The maximum absolute atomic E-state index is 12.5. The molecule has 1 aromatic carbocycles. The smallest absolute Gasteiger partial charge is 0.244 e. The van der Waals surface area contributed by atoms with E-state index in [0.29, 0.717) is 0 Å². The van der Waals surface area contributed by atoms with E-state index in [0.717, 1.165) is 22.6 Å². The van der Waals surface area contributed by atoms with Gasteiger partial charge in [0.25, 0.3) is 0 Å². The van der Waals surface area contributed by atoms with Crippen LogP contribution in [0, 0.1) is 20.8 Å². The number of nitrogens with zero attached hydrogens (tertiary/aromatic N) is 2. The summed E-state index contributed by atoms with van der Waals surface area (Å²) in [4.78, 5) is 26.3. The number of rotatable bonds is 5. The van der Waals surface area contributed by atoms with Crippen molar-refractivity contribution >= 4 is 27.7 Å². The second-order valence-corrected chi connectivity index (χ2v) is 10.3. The highest BCUT2D eigenvalue weighted by molar-refractivity contribution is 7.91. The van der Waals surface area contributed by atoms with Crippen LogP contribution in [0.5, 0.6) is 0 Å². The van der Waals surface area contributed by atoms with Crippen LogP contribution in [0.3, 0.4) is 0 Å². The number of carbonyl (C=O) groups excluding carboxylic acids is 2. The number of hydrogen-bond donors (Lipinski definition) is 1. The quantitative estimate of drug-likeness (QED) is 0.718. The molecule has 1 saturated heterocycles. The molecule has 1 aliphatic heterocycles. The lowest BCUT2D eigenvalue weighted by Gasteiger charge is -2.29. The van der Waals surface area contributed by atoms with Crippen molar-refractivity contribution in [2.24, 2.45) is 0 Å². The van der Waals surface area contributed by atoms with Crippen molar-refractivity contribution in [3.05, 3.63) is 58.9 Å². The monoisotopic (exact) mass is 443 g/mol. The maximum atomic E-state index is 12.5. The van der Waals surface area contributed by atoms with Crippen LogP contribution < -0.4 is 5.32 Å². The summed E-state index contributed by atoms with van der Waals surface area (Å²) in [6.07, 6.45) is 3.17. The van der Waals surface area contributed by atoms with Crippen molar-refractivity contribution in [2.75, 3.05) is 24.6 Å². The second-order valence-electron chi connectivity index (χ2n) is 8.04. The number of sulfone groups is 1. The number of amides is 2. The average Bonchev–Trinajstić information content (AvgIpc) is 3.00. The molecule has 1 fully saturated rings. The zero-order chi connectivity index (χ0) is 22.8. The molecule has 8 heteroatoms. The first-order valence-corrected chi connectivity index (χ1v) is 12.1. The molecule has 166 valence electrons. The first kappa shape index (κ1) is 22.8. The van der Waals surface area contributed by atoms with Crippen LogP contribution in [0.1, 0.15) is 29.4 Å². The molecule has 1 unspecified atom stereocenters. The van der Waals surface area contributed by atoms with Gasteiger partial charge in [0.2, 0.25) is 11.8 Å². The predicted molar refractivity (Wildman–Crippen MR) is 122 cm³/mol. The average molecular weight is 444 g/mol.